The van der Waals surface area contributed by atoms with Crippen LogP contribution in [0.5, 0.6) is 0 Å². The lowest BCUT2D eigenvalue weighted by molar-refractivity contribution is 1.32. The maximum atomic E-state index is 4.47. The summed E-state index contributed by atoms with van der Waals surface area (Å²) in [4.78, 5) is 2.48. The van der Waals surface area contributed by atoms with Crippen LogP contribution in [0.25, 0.3) is 10.1 Å². The standard InChI is InChI=1S/C10H10S3/c1-6-5-8(11)10-7(3-4-13-10)9(6)12-2/h3-5,11H,1-2H3. The molecule has 0 aliphatic carbocycles. The van der Waals surface area contributed by atoms with Crippen molar-refractivity contribution in [2.24, 2.45) is 0 Å². The third-order valence-corrected chi connectivity index (χ3v) is 4.46. The van der Waals surface area contributed by atoms with E-state index in [1.807, 2.05) is 11.8 Å². The highest BCUT2D eigenvalue weighted by molar-refractivity contribution is 7.98. The molecule has 0 fully saturated rings. The predicted octanol–water partition coefficient (Wildman–Crippen LogP) is 4.22. The van der Waals surface area contributed by atoms with E-state index < -0.39 is 0 Å². The minimum atomic E-state index is 1.10. The van der Waals surface area contributed by atoms with E-state index in [0.717, 1.165) is 4.90 Å². The minimum Gasteiger partial charge on any atom is -0.143 e. The first-order valence-electron chi connectivity index (χ1n) is 3.98. The van der Waals surface area contributed by atoms with Gasteiger partial charge in [-0.05, 0) is 36.3 Å². The Hall–Kier alpha value is -0.120. The Morgan fingerprint density at radius 1 is 1.46 bits per heavy atom. The van der Waals surface area contributed by atoms with Gasteiger partial charge in [-0.3, -0.25) is 0 Å². The Morgan fingerprint density at radius 3 is 2.92 bits per heavy atom. The molecule has 0 aliphatic rings. The summed E-state index contributed by atoms with van der Waals surface area (Å²) in [6, 6.07) is 4.33. The van der Waals surface area contributed by atoms with Crippen LogP contribution >= 0.6 is 35.7 Å². The van der Waals surface area contributed by atoms with Gasteiger partial charge in [-0.15, -0.1) is 35.7 Å². The molecule has 0 saturated heterocycles. The van der Waals surface area contributed by atoms with Gasteiger partial charge in [-0.2, -0.15) is 0 Å². The van der Waals surface area contributed by atoms with Crippen LogP contribution in [-0.2, 0) is 0 Å². The van der Waals surface area contributed by atoms with Crippen molar-refractivity contribution in [3.8, 4) is 0 Å². The van der Waals surface area contributed by atoms with Crippen molar-refractivity contribution in [3.63, 3.8) is 0 Å². The van der Waals surface area contributed by atoms with Crippen molar-refractivity contribution in [1.29, 1.82) is 0 Å². The maximum Gasteiger partial charge on any atom is 0.0487 e. The van der Waals surface area contributed by atoms with E-state index in [9.17, 15) is 0 Å². The Kier molecular flexibility index (Phi) is 2.58. The SMILES string of the molecule is CSc1c(C)cc(S)c2sccc12. The first-order valence-corrected chi connectivity index (χ1v) is 6.53. The van der Waals surface area contributed by atoms with E-state index in [2.05, 4.69) is 43.3 Å². The monoisotopic (exact) mass is 226 g/mol. The predicted molar refractivity (Wildman–Crippen MR) is 65.6 cm³/mol. The highest BCUT2D eigenvalue weighted by atomic mass is 32.2. The fraction of sp³-hybridized carbons (Fsp3) is 0.200. The molecule has 0 N–H and O–H groups in total. The summed E-state index contributed by atoms with van der Waals surface area (Å²) in [7, 11) is 0. The highest BCUT2D eigenvalue weighted by Crippen LogP contribution is 2.36. The number of fused-ring (bicyclic) bond motifs is 1. The summed E-state index contributed by atoms with van der Waals surface area (Å²) in [5.41, 5.74) is 1.32. The second-order valence-corrected chi connectivity index (χ2v) is 5.12. The molecular weight excluding hydrogens is 216 g/mol. The molecule has 0 spiro atoms. The van der Waals surface area contributed by atoms with E-state index >= 15 is 0 Å². The maximum absolute atomic E-state index is 4.47. The third kappa shape index (κ3) is 1.49. The summed E-state index contributed by atoms with van der Waals surface area (Å²) in [6.07, 6.45) is 2.12. The lowest BCUT2D eigenvalue weighted by Crippen LogP contribution is -1.80. The fourth-order valence-corrected chi connectivity index (χ4v) is 3.63. The molecule has 0 amide bonds. The largest absolute Gasteiger partial charge is 0.143 e. The summed E-state index contributed by atoms with van der Waals surface area (Å²) >= 11 is 8.05. The normalized spacial score (nSPS) is 11.0. The topological polar surface area (TPSA) is 0 Å². The molecule has 0 unspecified atom stereocenters. The molecule has 0 bridgehead atoms. The van der Waals surface area contributed by atoms with Crippen LogP contribution in [0.4, 0.5) is 0 Å². The van der Waals surface area contributed by atoms with Crippen LogP contribution in [-0.4, -0.2) is 6.26 Å². The number of thioether (sulfide) groups is 1. The molecule has 2 rings (SSSR count). The van der Waals surface area contributed by atoms with Gasteiger partial charge in [0, 0.05) is 19.9 Å². The van der Waals surface area contributed by atoms with Crippen molar-refractivity contribution < 1.29 is 0 Å². The van der Waals surface area contributed by atoms with Crippen molar-refractivity contribution >= 4 is 45.8 Å². The smallest absolute Gasteiger partial charge is 0.0487 e. The zero-order valence-electron chi connectivity index (χ0n) is 7.50. The molecule has 1 aromatic heterocycles. The van der Waals surface area contributed by atoms with Gasteiger partial charge in [-0.25, -0.2) is 0 Å². The Balaban J connectivity index is 2.88. The van der Waals surface area contributed by atoms with Gasteiger partial charge in [0.2, 0.25) is 0 Å². The van der Waals surface area contributed by atoms with Crippen molar-refractivity contribution in [2.75, 3.05) is 6.26 Å². The summed E-state index contributed by atoms with van der Waals surface area (Å²) < 4.78 is 1.30. The number of hydrogen-bond acceptors (Lipinski definition) is 3. The highest BCUT2D eigenvalue weighted by Gasteiger charge is 2.07. The van der Waals surface area contributed by atoms with Crippen LogP contribution < -0.4 is 0 Å². The quantitative estimate of drug-likeness (QED) is 0.561. The number of aryl methyl sites for hydroxylation is 1. The molecule has 68 valence electrons. The molecule has 1 heterocycles. The van der Waals surface area contributed by atoms with E-state index in [-0.39, 0.29) is 0 Å². The van der Waals surface area contributed by atoms with Gasteiger partial charge in [0.15, 0.2) is 0 Å². The molecule has 3 heteroatoms. The molecular formula is C10H10S3. The lowest BCUT2D eigenvalue weighted by atomic mass is 10.2. The third-order valence-electron chi connectivity index (χ3n) is 2.06. The fourth-order valence-electron chi connectivity index (χ4n) is 1.51. The van der Waals surface area contributed by atoms with E-state index in [1.54, 1.807) is 11.3 Å². The zero-order chi connectivity index (χ0) is 9.42. The van der Waals surface area contributed by atoms with Crippen LogP contribution in [0.3, 0.4) is 0 Å². The van der Waals surface area contributed by atoms with E-state index in [4.69, 9.17) is 0 Å². The van der Waals surface area contributed by atoms with Gasteiger partial charge >= 0.3 is 0 Å². The van der Waals surface area contributed by atoms with Crippen molar-refractivity contribution in [2.45, 2.75) is 16.7 Å². The number of thiol groups is 1. The molecule has 0 radical (unpaired) electrons. The van der Waals surface area contributed by atoms with Gasteiger partial charge in [0.05, 0.1) is 0 Å². The minimum absolute atomic E-state index is 1.10. The number of benzene rings is 1. The van der Waals surface area contributed by atoms with Gasteiger partial charge < -0.3 is 0 Å². The van der Waals surface area contributed by atoms with E-state index in [1.165, 1.54) is 20.5 Å². The van der Waals surface area contributed by atoms with Crippen LogP contribution in [0.15, 0.2) is 27.3 Å². The van der Waals surface area contributed by atoms with Gasteiger partial charge in [0.1, 0.15) is 0 Å². The Labute approximate surface area is 91.8 Å². The molecule has 0 saturated carbocycles. The average molecular weight is 226 g/mol. The van der Waals surface area contributed by atoms with E-state index in [0.29, 0.717) is 0 Å². The van der Waals surface area contributed by atoms with Gasteiger partial charge in [0.25, 0.3) is 0 Å². The first-order chi connectivity index (χ1) is 6.24. The molecule has 0 nitrogen and oxygen atoms in total. The lowest BCUT2D eigenvalue weighted by Gasteiger charge is -2.05. The van der Waals surface area contributed by atoms with Crippen molar-refractivity contribution in [1.82, 2.24) is 0 Å². The number of hydrogen-bond donors (Lipinski definition) is 1. The van der Waals surface area contributed by atoms with Crippen molar-refractivity contribution in [3.05, 3.63) is 23.1 Å². The van der Waals surface area contributed by atoms with Crippen LogP contribution in [0.2, 0.25) is 0 Å². The summed E-state index contributed by atoms with van der Waals surface area (Å²) in [5.74, 6) is 0. The molecule has 2 aromatic rings. The Morgan fingerprint density at radius 2 is 2.23 bits per heavy atom. The molecule has 13 heavy (non-hydrogen) atoms. The number of thiophene rings is 1. The number of rotatable bonds is 1. The second kappa shape index (κ2) is 3.56. The molecule has 0 aliphatic heterocycles. The first kappa shape index (κ1) is 9.44. The summed E-state index contributed by atoms with van der Waals surface area (Å²) in [6.45, 7) is 2.14. The Bertz CT molecular complexity index is 443. The molecule has 0 atom stereocenters. The average Bonchev–Trinajstić information content (AvgIpc) is 2.53. The summed E-state index contributed by atoms with van der Waals surface area (Å²) in [5, 5.41) is 3.48. The molecule has 1 aromatic carbocycles. The van der Waals surface area contributed by atoms with Gasteiger partial charge in [-0.1, -0.05) is 0 Å². The van der Waals surface area contributed by atoms with Crippen LogP contribution in [0.1, 0.15) is 5.56 Å². The second-order valence-electron chi connectivity index (χ2n) is 2.91. The zero-order valence-corrected chi connectivity index (χ0v) is 10.0. The van der Waals surface area contributed by atoms with Crippen LogP contribution in [0, 0.1) is 6.92 Å².